The third-order valence-electron chi connectivity index (χ3n) is 4.61. The zero-order valence-corrected chi connectivity index (χ0v) is 19.6. The first-order valence-corrected chi connectivity index (χ1v) is 10.5. The van der Waals surface area contributed by atoms with Crippen LogP contribution in [0.25, 0.3) is 0 Å². The molecule has 32 heavy (non-hydrogen) atoms. The summed E-state index contributed by atoms with van der Waals surface area (Å²) in [6.07, 6.45) is -5.46. The second kappa shape index (κ2) is 11.3. The summed E-state index contributed by atoms with van der Waals surface area (Å²) in [4.78, 5) is 46.3. The maximum atomic E-state index is 11.8. The molecule has 0 unspecified atom stereocenters. The Bertz CT molecular complexity index is 870. The summed E-state index contributed by atoms with van der Waals surface area (Å²) < 4.78 is 28.3. The van der Waals surface area contributed by atoms with Crippen LogP contribution >= 0.6 is 15.9 Å². The van der Waals surface area contributed by atoms with Gasteiger partial charge < -0.3 is 33.6 Å². The van der Waals surface area contributed by atoms with Crippen LogP contribution in [0.1, 0.15) is 32.8 Å². The van der Waals surface area contributed by atoms with Gasteiger partial charge in [0.15, 0.2) is 12.2 Å². The van der Waals surface area contributed by atoms with Crippen LogP contribution in [-0.2, 0) is 38.1 Å². The Labute approximate surface area is 193 Å². The van der Waals surface area contributed by atoms with Crippen molar-refractivity contribution in [1.82, 2.24) is 0 Å². The van der Waals surface area contributed by atoms with Gasteiger partial charge in [0.2, 0.25) is 6.29 Å². The first-order valence-electron chi connectivity index (χ1n) is 9.73. The lowest BCUT2D eigenvalue weighted by atomic mass is 9.87. The zero-order chi connectivity index (χ0) is 24.0. The molecule has 0 radical (unpaired) electrons. The molecule has 0 saturated carbocycles. The molecule has 0 bridgehead atoms. The van der Waals surface area contributed by atoms with Gasteiger partial charge in [0.05, 0.1) is 5.92 Å². The molecule has 1 aromatic carbocycles. The van der Waals surface area contributed by atoms with Gasteiger partial charge in [0.1, 0.15) is 18.5 Å². The van der Waals surface area contributed by atoms with Crippen LogP contribution in [0.5, 0.6) is 5.75 Å². The van der Waals surface area contributed by atoms with E-state index in [9.17, 15) is 24.3 Å². The number of carboxylic acids is 1. The molecule has 1 aromatic rings. The summed E-state index contributed by atoms with van der Waals surface area (Å²) in [7, 11) is 0. The standard InChI is InChI=1S/C21H25BrO10/c1-10-7-14(22)5-6-16(10)31-21-15(8-18(26)27)19(29-12(3)24)20(30-13(4)25)17(32-21)9-28-11(2)23/h5-7,15,17,19-21H,8-9H2,1-4H3,(H,26,27)/p-1/t15-,17+,19+,20+,21+/m1/s1. The summed E-state index contributed by atoms with van der Waals surface area (Å²) in [5.41, 5.74) is 0.720. The van der Waals surface area contributed by atoms with Crippen molar-refractivity contribution in [3.63, 3.8) is 0 Å². The number of esters is 3. The smallest absolute Gasteiger partial charge is 0.303 e. The average Bonchev–Trinajstić information content (AvgIpc) is 2.65. The van der Waals surface area contributed by atoms with Crippen molar-refractivity contribution in [3.05, 3.63) is 28.2 Å². The predicted octanol–water partition coefficient (Wildman–Crippen LogP) is 1.04. The number of rotatable bonds is 8. The number of carbonyl (C=O) groups is 4. The van der Waals surface area contributed by atoms with Crippen LogP contribution in [0.3, 0.4) is 0 Å². The van der Waals surface area contributed by atoms with Crippen molar-refractivity contribution in [2.45, 2.75) is 58.7 Å². The van der Waals surface area contributed by atoms with Crippen molar-refractivity contribution >= 4 is 39.8 Å². The summed E-state index contributed by atoms with van der Waals surface area (Å²) in [5.74, 6) is -4.22. The highest BCUT2D eigenvalue weighted by atomic mass is 79.9. The van der Waals surface area contributed by atoms with E-state index in [1.54, 1.807) is 25.1 Å². The Kier molecular flexibility index (Phi) is 9.02. The molecule has 176 valence electrons. The molecule has 10 nitrogen and oxygen atoms in total. The summed E-state index contributed by atoms with van der Waals surface area (Å²) in [6.45, 7) is 4.88. The molecule has 1 aliphatic rings. The molecule has 0 aromatic heterocycles. The van der Waals surface area contributed by atoms with E-state index in [-0.39, 0.29) is 6.61 Å². The molecule has 0 amide bonds. The fourth-order valence-corrected chi connectivity index (χ4v) is 3.84. The molecule has 5 atom stereocenters. The van der Waals surface area contributed by atoms with Gasteiger partial charge in [-0.05, 0) is 37.1 Å². The lowest BCUT2D eigenvalue weighted by Gasteiger charge is -2.45. The Morgan fingerprint density at radius 3 is 2.19 bits per heavy atom. The van der Waals surface area contributed by atoms with E-state index in [4.69, 9.17) is 23.7 Å². The molecule has 1 aliphatic heterocycles. The topological polar surface area (TPSA) is 137 Å². The van der Waals surface area contributed by atoms with Crippen molar-refractivity contribution < 1.29 is 48.0 Å². The zero-order valence-electron chi connectivity index (χ0n) is 18.0. The second-order valence-electron chi connectivity index (χ2n) is 7.26. The number of benzene rings is 1. The quantitative estimate of drug-likeness (QED) is 0.364. The molecule has 11 heteroatoms. The summed E-state index contributed by atoms with van der Waals surface area (Å²) in [5, 5.41) is 11.5. The Hall–Kier alpha value is -2.66. The van der Waals surface area contributed by atoms with E-state index in [0.29, 0.717) is 5.75 Å². The Morgan fingerprint density at radius 2 is 1.66 bits per heavy atom. The first kappa shape index (κ1) is 25.6. The van der Waals surface area contributed by atoms with E-state index >= 15 is 0 Å². The van der Waals surface area contributed by atoms with Gasteiger partial charge in [0.25, 0.3) is 0 Å². The van der Waals surface area contributed by atoms with Crippen molar-refractivity contribution in [3.8, 4) is 5.75 Å². The number of carboxylic acid groups (broad SMARTS) is 1. The monoisotopic (exact) mass is 515 g/mol. The highest BCUT2D eigenvalue weighted by Crippen LogP contribution is 2.35. The molecule has 0 spiro atoms. The van der Waals surface area contributed by atoms with E-state index in [1.807, 2.05) is 0 Å². The number of hydrogen-bond donors (Lipinski definition) is 0. The summed E-state index contributed by atoms with van der Waals surface area (Å²) >= 11 is 3.35. The van der Waals surface area contributed by atoms with Crippen molar-refractivity contribution in [2.75, 3.05) is 6.61 Å². The number of aryl methyl sites for hydroxylation is 1. The van der Waals surface area contributed by atoms with Gasteiger partial charge in [-0.3, -0.25) is 14.4 Å². The molecule has 1 heterocycles. The van der Waals surface area contributed by atoms with Gasteiger partial charge in [-0.2, -0.15) is 0 Å². The van der Waals surface area contributed by atoms with Gasteiger partial charge in [-0.15, -0.1) is 0 Å². The van der Waals surface area contributed by atoms with E-state index in [1.165, 1.54) is 6.92 Å². The first-order chi connectivity index (χ1) is 15.0. The van der Waals surface area contributed by atoms with Crippen molar-refractivity contribution in [2.24, 2.45) is 5.92 Å². The summed E-state index contributed by atoms with van der Waals surface area (Å²) in [6, 6.07) is 5.16. The lowest BCUT2D eigenvalue weighted by molar-refractivity contribution is -0.316. The second-order valence-corrected chi connectivity index (χ2v) is 8.18. The fraction of sp³-hybridized carbons (Fsp3) is 0.524. The van der Waals surface area contributed by atoms with Crippen molar-refractivity contribution in [1.29, 1.82) is 0 Å². The number of carbonyl (C=O) groups excluding carboxylic acids is 4. The van der Waals surface area contributed by atoms with E-state index < -0.39 is 60.8 Å². The maximum absolute atomic E-state index is 11.8. The Morgan fingerprint density at radius 1 is 1.03 bits per heavy atom. The van der Waals surface area contributed by atoms with Gasteiger partial charge in [-0.25, -0.2) is 0 Å². The predicted molar refractivity (Wildman–Crippen MR) is 109 cm³/mol. The van der Waals surface area contributed by atoms with Gasteiger partial charge in [0, 0.05) is 31.2 Å². The van der Waals surface area contributed by atoms with Crippen LogP contribution in [0, 0.1) is 12.8 Å². The molecule has 0 N–H and O–H groups in total. The molecule has 0 aliphatic carbocycles. The van der Waals surface area contributed by atoms with Gasteiger partial charge >= 0.3 is 17.9 Å². The molecule has 1 saturated heterocycles. The van der Waals surface area contributed by atoms with E-state index in [0.717, 1.165) is 23.9 Å². The third-order valence-corrected chi connectivity index (χ3v) is 5.10. The van der Waals surface area contributed by atoms with Crippen LogP contribution in [0.4, 0.5) is 0 Å². The maximum Gasteiger partial charge on any atom is 0.303 e. The van der Waals surface area contributed by atoms with Crippen LogP contribution in [-0.4, -0.2) is 55.1 Å². The largest absolute Gasteiger partial charge is 0.550 e. The number of hydrogen-bond acceptors (Lipinski definition) is 10. The highest BCUT2D eigenvalue weighted by molar-refractivity contribution is 9.10. The minimum atomic E-state index is -1.45. The molecular formula is C21H24BrO10-. The number of aliphatic carboxylic acids is 1. The van der Waals surface area contributed by atoms with E-state index in [2.05, 4.69) is 15.9 Å². The molecule has 2 rings (SSSR count). The minimum Gasteiger partial charge on any atom is -0.550 e. The normalized spacial score (nSPS) is 24.8. The third kappa shape index (κ3) is 7.20. The molecular weight excluding hydrogens is 492 g/mol. The number of ether oxygens (including phenoxy) is 5. The van der Waals surface area contributed by atoms with Crippen LogP contribution < -0.4 is 9.84 Å². The number of halogens is 1. The highest BCUT2D eigenvalue weighted by Gasteiger charge is 2.51. The lowest BCUT2D eigenvalue weighted by Crippen LogP contribution is -2.60. The van der Waals surface area contributed by atoms with Gasteiger partial charge in [-0.1, -0.05) is 15.9 Å². The SMILES string of the molecule is CC(=O)OC[C@@H]1O[C@H](Oc2ccc(Br)cc2C)[C@H](CC(=O)[O-])[C@H](OC(C)=O)[C@H]1OC(C)=O. The van der Waals surface area contributed by atoms with Crippen LogP contribution in [0.2, 0.25) is 0 Å². The fourth-order valence-electron chi connectivity index (χ4n) is 3.37. The average molecular weight is 516 g/mol. The van der Waals surface area contributed by atoms with Crippen LogP contribution in [0.15, 0.2) is 22.7 Å². The Balaban J connectivity index is 2.47. The minimum absolute atomic E-state index is 0.345. The molecule has 1 fully saturated rings.